The third kappa shape index (κ3) is 5.10. The van der Waals surface area contributed by atoms with E-state index in [1.807, 2.05) is 0 Å². The molecule has 7 nitrogen and oxygen atoms in total. The third-order valence-electron chi connectivity index (χ3n) is 4.47. The summed E-state index contributed by atoms with van der Waals surface area (Å²) in [7, 11) is 0.567. The average Bonchev–Trinajstić information content (AvgIpc) is 2.77. The van der Waals surface area contributed by atoms with Gasteiger partial charge in [0, 0.05) is 0 Å². The quantitative estimate of drug-likeness (QED) is 0.504. The number of aromatic hydroxyl groups is 1. The monoisotopic (exact) mass is 441 g/mol. The minimum Gasteiger partial charge on any atom is -0.504 e. The first-order chi connectivity index (χ1) is 14.9. The van der Waals surface area contributed by atoms with Crippen molar-refractivity contribution in [2.75, 3.05) is 26.1 Å². The molecule has 0 bridgehead atoms. The highest BCUT2D eigenvalue weighted by Crippen LogP contribution is 2.38. The molecule has 0 saturated heterocycles. The maximum Gasteiger partial charge on any atom is 0.262 e. The van der Waals surface area contributed by atoms with E-state index in [1.54, 1.807) is 60.7 Å². The highest BCUT2D eigenvalue weighted by molar-refractivity contribution is 7.92. The molecule has 2 N–H and O–H groups in total. The number of ether oxygens (including phenoxy) is 3. The van der Waals surface area contributed by atoms with Crippen molar-refractivity contribution in [1.29, 1.82) is 0 Å². The maximum atomic E-state index is 12.8. The third-order valence-corrected chi connectivity index (χ3v) is 5.85. The SMILES string of the molecule is COc1ccc(/C=C/c2cc(NS(=O)(=O)c3ccccc3)c(OC)c(OC)c2)cc1O. The van der Waals surface area contributed by atoms with E-state index < -0.39 is 10.0 Å². The molecule has 0 amide bonds. The predicted octanol–water partition coefficient (Wildman–Crippen LogP) is 4.39. The Morgan fingerprint density at radius 3 is 2.10 bits per heavy atom. The van der Waals surface area contributed by atoms with Crippen LogP contribution in [-0.2, 0) is 10.0 Å². The van der Waals surface area contributed by atoms with Gasteiger partial charge in [-0.3, -0.25) is 4.72 Å². The van der Waals surface area contributed by atoms with Crippen LogP contribution in [0.3, 0.4) is 0 Å². The summed E-state index contributed by atoms with van der Waals surface area (Å²) in [6.07, 6.45) is 3.54. The van der Waals surface area contributed by atoms with Crippen LogP contribution >= 0.6 is 0 Å². The van der Waals surface area contributed by atoms with Gasteiger partial charge in [-0.15, -0.1) is 0 Å². The van der Waals surface area contributed by atoms with Gasteiger partial charge in [-0.1, -0.05) is 36.4 Å². The van der Waals surface area contributed by atoms with E-state index in [-0.39, 0.29) is 22.1 Å². The van der Waals surface area contributed by atoms with Crippen molar-refractivity contribution < 1.29 is 27.7 Å². The summed E-state index contributed by atoms with van der Waals surface area (Å²) in [5.41, 5.74) is 1.64. The van der Waals surface area contributed by atoms with Crippen molar-refractivity contribution in [3.05, 3.63) is 71.8 Å². The standard InChI is InChI=1S/C23H23NO6S/c1-28-21-12-11-16(14-20(21)25)9-10-17-13-19(23(30-3)22(15-17)29-2)24-31(26,27)18-7-5-4-6-8-18/h4-15,24-25H,1-3H3/b10-9+. The summed E-state index contributed by atoms with van der Waals surface area (Å²) in [5.74, 6) is 1.03. The Bertz CT molecular complexity index is 1190. The first kappa shape index (κ1) is 22.0. The number of rotatable bonds is 8. The van der Waals surface area contributed by atoms with Gasteiger partial charge in [0.1, 0.15) is 0 Å². The van der Waals surface area contributed by atoms with E-state index in [9.17, 15) is 13.5 Å². The van der Waals surface area contributed by atoms with Gasteiger partial charge in [-0.25, -0.2) is 8.42 Å². The highest BCUT2D eigenvalue weighted by Gasteiger charge is 2.19. The lowest BCUT2D eigenvalue weighted by molar-refractivity contribution is 0.356. The minimum atomic E-state index is -3.82. The fourth-order valence-corrected chi connectivity index (χ4v) is 4.04. The van der Waals surface area contributed by atoms with Gasteiger partial charge in [-0.05, 0) is 47.5 Å². The molecule has 0 unspecified atom stereocenters. The van der Waals surface area contributed by atoms with Gasteiger partial charge in [0.2, 0.25) is 0 Å². The molecule has 3 aromatic rings. The van der Waals surface area contributed by atoms with Crippen LogP contribution < -0.4 is 18.9 Å². The topological polar surface area (TPSA) is 94.1 Å². The van der Waals surface area contributed by atoms with Crippen LogP contribution in [0, 0.1) is 0 Å². The molecule has 0 saturated carbocycles. The number of nitrogens with one attached hydrogen (secondary N) is 1. The second-order valence-corrected chi connectivity index (χ2v) is 8.17. The minimum absolute atomic E-state index is 0.0215. The number of benzene rings is 3. The zero-order valence-corrected chi connectivity index (χ0v) is 18.1. The highest BCUT2D eigenvalue weighted by atomic mass is 32.2. The Kier molecular flexibility index (Phi) is 6.71. The second kappa shape index (κ2) is 9.44. The van der Waals surface area contributed by atoms with Crippen LogP contribution in [0.25, 0.3) is 12.2 Å². The second-order valence-electron chi connectivity index (χ2n) is 6.49. The van der Waals surface area contributed by atoms with Gasteiger partial charge in [0.05, 0.1) is 31.9 Å². The lowest BCUT2D eigenvalue weighted by Gasteiger charge is -2.16. The molecule has 0 aromatic heterocycles. The summed E-state index contributed by atoms with van der Waals surface area (Å²) in [6.45, 7) is 0. The largest absolute Gasteiger partial charge is 0.504 e. The Labute approximate surface area is 181 Å². The number of anilines is 1. The molecule has 0 fully saturated rings. The first-order valence-corrected chi connectivity index (χ1v) is 10.7. The molecule has 0 aliphatic carbocycles. The zero-order valence-electron chi connectivity index (χ0n) is 17.3. The van der Waals surface area contributed by atoms with Crippen molar-refractivity contribution in [2.45, 2.75) is 4.90 Å². The van der Waals surface area contributed by atoms with Crippen molar-refractivity contribution in [2.24, 2.45) is 0 Å². The number of phenols is 1. The number of hydrogen-bond donors (Lipinski definition) is 2. The number of methoxy groups -OCH3 is 3. The van der Waals surface area contributed by atoms with E-state index >= 15 is 0 Å². The van der Waals surface area contributed by atoms with E-state index in [0.717, 1.165) is 5.56 Å². The van der Waals surface area contributed by atoms with E-state index in [1.165, 1.54) is 33.5 Å². The van der Waals surface area contributed by atoms with Crippen LogP contribution in [-0.4, -0.2) is 34.9 Å². The van der Waals surface area contributed by atoms with Crippen molar-refractivity contribution in [3.8, 4) is 23.0 Å². The molecule has 0 aliphatic rings. The molecule has 31 heavy (non-hydrogen) atoms. The van der Waals surface area contributed by atoms with Gasteiger partial charge in [-0.2, -0.15) is 0 Å². The molecule has 0 atom stereocenters. The summed E-state index contributed by atoms with van der Waals surface area (Å²) in [5, 5.41) is 9.95. The molecule has 0 radical (unpaired) electrons. The normalized spacial score (nSPS) is 11.3. The molecule has 162 valence electrons. The van der Waals surface area contributed by atoms with Crippen LogP contribution in [0.2, 0.25) is 0 Å². The van der Waals surface area contributed by atoms with Crippen molar-refractivity contribution in [3.63, 3.8) is 0 Å². The molecule has 3 rings (SSSR count). The average molecular weight is 442 g/mol. The molecule has 3 aromatic carbocycles. The van der Waals surface area contributed by atoms with E-state index in [2.05, 4.69) is 4.72 Å². The maximum absolute atomic E-state index is 12.8. The van der Waals surface area contributed by atoms with Gasteiger partial charge >= 0.3 is 0 Å². The van der Waals surface area contributed by atoms with Crippen LogP contribution in [0.15, 0.2) is 65.6 Å². The van der Waals surface area contributed by atoms with E-state index in [0.29, 0.717) is 17.1 Å². The number of hydrogen-bond acceptors (Lipinski definition) is 6. The Balaban J connectivity index is 1.98. The Morgan fingerprint density at radius 2 is 1.48 bits per heavy atom. The smallest absolute Gasteiger partial charge is 0.262 e. The van der Waals surface area contributed by atoms with Gasteiger partial charge in [0.15, 0.2) is 23.0 Å². The summed E-state index contributed by atoms with van der Waals surface area (Å²) >= 11 is 0. The van der Waals surface area contributed by atoms with Crippen molar-refractivity contribution >= 4 is 27.9 Å². The molecule has 0 aliphatic heterocycles. The molecule has 8 heteroatoms. The van der Waals surface area contributed by atoms with Crippen LogP contribution in [0.4, 0.5) is 5.69 Å². The first-order valence-electron chi connectivity index (χ1n) is 9.27. The predicted molar refractivity (Wildman–Crippen MR) is 120 cm³/mol. The van der Waals surface area contributed by atoms with Crippen molar-refractivity contribution in [1.82, 2.24) is 0 Å². The molecular formula is C23H23NO6S. The Morgan fingerprint density at radius 1 is 0.806 bits per heavy atom. The summed E-state index contributed by atoms with van der Waals surface area (Å²) < 4.78 is 44.0. The Hall–Kier alpha value is -3.65. The van der Waals surface area contributed by atoms with Crippen LogP contribution in [0.5, 0.6) is 23.0 Å². The fourth-order valence-electron chi connectivity index (χ4n) is 2.96. The van der Waals surface area contributed by atoms with Gasteiger partial charge < -0.3 is 19.3 Å². The van der Waals surface area contributed by atoms with E-state index in [4.69, 9.17) is 14.2 Å². The number of phenolic OH excluding ortho intramolecular Hbond substituents is 1. The molecule has 0 spiro atoms. The summed E-state index contributed by atoms with van der Waals surface area (Å²) in [6, 6.07) is 16.4. The van der Waals surface area contributed by atoms with Gasteiger partial charge in [0.25, 0.3) is 10.0 Å². The summed E-state index contributed by atoms with van der Waals surface area (Å²) in [4.78, 5) is 0.130. The lowest BCUT2D eigenvalue weighted by Crippen LogP contribution is -2.14. The fraction of sp³-hybridized carbons (Fsp3) is 0.130. The van der Waals surface area contributed by atoms with Crippen LogP contribution in [0.1, 0.15) is 11.1 Å². The lowest BCUT2D eigenvalue weighted by atomic mass is 10.1. The molecular weight excluding hydrogens is 418 g/mol. The zero-order chi connectivity index (χ0) is 22.4. The number of sulfonamides is 1. The molecule has 0 heterocycles.